The van der Waals surface area contributed by atoms with E-state index in [0.29, 0.717) is 5.92 Å². The van der Waals surface area contributed by atoms with Gasteiger partial charge in [-0.2, -0.15) is 0 Å². The monoisotopic (exact) mass is 304 g/mol. The molecule has 0 saturated heterocycles. The molecule has 2 rings (SSSR count). The van der Waals surface area contributed by atoms with E-state index in [4.69, 9.17) is 0 Å². The van der Waals surface area contributed by atoms with Gasteiger partial charge in [0.15, 0.2) is 0 Å². The maximum atomic E-state index is 10.1. The van der Waals surface area contributed by atoms with Gasteiger partial charge in [0.25, 0.3) is 0 Å². The molecule has 2 unspecified atom stereocenters. The Morgan fingerprint density at radius 2 is 1.77 bits per heavy atom. The average molecular weight is 306 g/mol. The van der Waals surface area contributed by atoms with Crippen LogP contribution in [0.5, 0.6) is 0 Å². The third-order valence-corrected chi connectivity index (χ3v) is 3.55. The van der Waals surface area contributed by atoms with Crippen LogP contribution in [0.15, 0.2) is 27.1 Å². The van der Waals surface area contributed by atoms with Crippen LogP contribution in [-0.4, -0.2) is 5.11 Å². The smallest absolute Gasteiger partial charge is 0.0927 e. The predicted octanol–water partition coefficient (Wildman–Crippen LogP) is 3.44. The first-order chi connectivity index (χ1) is 6.02. The van der Waals surface area contributed by atoms with E-state index in [1.54, 1.807) is 0 Å². The molecule has 1 aliphatic carbocycles. The second-order valence-corrected chi connectivity index (χ2v) is 5.52. The molecule has 1 aliphatic rings. The van der Waals surface area contributed by atoms with Gasteiger partial charge in [-0.3, -0.25) is 0 Å². The molecular formula is C10H10Br2O. The molecule has 0 aliphatic heterocycles. The molecule has 1 N–H and O–H groups in total. The van der Waals surface area contributed by atoms with Crippen molar-refractivity contribution in [2.45, 2.75) is 18.9 Å². The first-order valence-corrected chi connectivity index (χ1v) is 5.80. The van der Waals surface area contributed by atoms with Crippen LogP contribution < -0.4 is 0 Å². The molecular weight excluding hydrogens is 296 g/mol. The minimum atomic E-state index is -0.577. The Hall–Kier alpha value is 0.140. The summed E-state index contributed by atoms with van der Waals surface area (Å²) in [5.74, 6) is 0.383. The third kappa shape index (κ3) is 1.69. The van der Waals surface area contributed by atoms with Gasteiger partial charge in [-0.15, -0.1) is 0 Å². The fourth-order valence-corrected chi connectivity index (χ4v) is 2.91. The molecule has 0 spiro atoms. The van der Waals surface area contributed by atoms with E-state index in [-0.39, 0.29) is 0 Å². The molecule has 2 atom stereocenters. The summed E-state index contributed by atoms with van der Waals surface area (Å²) in [7, 11) is 0. The largest absolute Gasteiger partial charge is 0.385 e. The topological polar surface area (TPSA) is 20.2 Å². The molecule has 13 heavy (non-hydrogen) atoms. The van der Waals surface area contributed by atoms with Crippen LogP contribution >= 0.6 is 31.9 Å². The molecule has 1 aromatic rings. The highest BCUT2D eigenvalue weighted by Gasteiger charge is 2.51. The van der Waals surface area contributed by atoms with Crippen molar-refractivity contribution in [2.75, 3.05) is 0 Å². The van der Waals surface area contributed by atoms with Gasteiger partial charge in [0.1, 0.15) is 0 Å². The highest BCUT2D eigenvalue weighted by Crippen LogP contribution is 2.52. The van der Waals surface area contributed by atoms with Gasteiger partial charge in [-0.25, -0.2) is 0 Å². The molecule has 1 aromatic carbocycles. The van der Waals surface area contributed by atoms with Gasteiger partial charge in [-0.1, -0.05) is 38.8 Å². The number of rotatable bonds is 1. The zero-order valence-corrected chi connectivity index (χ0v) is 10.4. The minimum Gasteiger partial charge on any atom is -0.385 e. The molecule has 1 nitrogen and oxygen atoms in total. The summed E-state index contributed by atoms with van der Waals surface area (Å²) in [5, 5.41) is 10.1. The van der Waals surface area contributed by atoms with Crippen LogP contribution in [0.25, 0.3) is 0 Å². The zero-order valence-electron chi connectivity index (χ0n) is 7.22. The van der Waals surface area contributed by atoms with Gasteiger partial charge in [0, 0.05) is 8.95 Å². The first kappa shape index (κ1) is 9.69. The maximum Gasteiger partial charge on any atom is 0.0927 e. The lowest BCUT2D eigenvalue weighted by atomic mass is 10.1. The fraction of sp³-hybridized carbons (Fsp3) is 0.400. The highest BCUT2D eigenvalue weighted by atomic mass is 79.9. The Labute approximate surface area is 94.4 Å². The molecule has 0 amide bonds. The van der Waals surface area contributed by atoms with Gasteiger partial charge in [0.2, 0.25) is 0 Å². The average Bonchev–Trinajstić information content (AvgIpc) is 2.59. The van der Waals surface area contributed by atoms with E-state index in [1.165, 1.54) is 0 Å². The number of halogens is 2. The standard InChI is InChI=1S/C10H10Br2O/c1-6-5-10(6,13)7-2-8(11)4-9(12)3-7/h2-4,6,13H,5H2,1H3. The van der Waals surface area contributed by atoms with Crippen LogP contribution in [0.3, 0.4) is 0 Å². The number of hydrogen-bond acceptors (Lipinski definition) is 1. The van der Waals surface area contributed by atoms with E-state index in [1.807, 2.05) is 18.2 Å². The normalized spacial score (nSPS) is 31.8. The summed E-state index contributed by atoms with van der Waals surface area (Å²) < 4.78 is 2.01. The van der Waals surface area contributed by atoms with E-state index >= 15 is 0 Å². The van der Waals surface area contributed by atoms with E-state index < -0.39 is 5.60 Å². The van der Waals surface area contributed by atoms with Crippen LogP contribution in [0.1, 0.15) is 18.9 Å². The zero-order chi connectivity index (χ0) is 9.64. The van der Waals surface area contributed by atoms with Crippen molar-refractivity contribution in [2.24, 2.45) is 5.92 Å². The molecule has 0 aromatic heterocycles. The van der Waals surface area contributed by atoms with Crippen molar-refractivity contribution in [1.82, 2.24) is 0 Å². The Morgan fingerprint density at radius 1 is 1.31 bits per heavy atom. The van der Waals surface area contributed by atoms with Crippen LogP contribution in [0.2, 0.25) is 0 Å². The van der Waals surface area contributed by atoms with E-state index in [9.17, 15) is 5.11 Å². The lowest BCUT2D eigenvalue weighted by Gasteiger charge is -2.10. The Morgan fingerprint density at radius 3 is 2.15 bits per heavy atom. The van der Waals surface area contributed by atoms with Crippen LogP contribution in [0.4, 0.5) is 0 Å². The molecule has 3 heteroatoms. The van der Waals surface area contributed by atoms with Crippen molar-refractivity contribution < 1.29 is 5.11 Å². The minimum absolute atomic E-state index is 0.383. The predicted molar refractivity (Wildman–Crippen MR) is 59.5 cm³/mol. The molecule has 1 fully saturated rings. The maximum absolute atomic E-state index is 10.1. The van der Waals surface area contributed by atoms with Crippen molar-refractivity contribution in [3.63, 3.8) is 0 Å². The Balaban J connectivity index is 2.42. The van der Waals surface area contributed by atoms with Crippen LogP contribution in [0, 0.1) is 5.92 Å². The molecule has 0 heterocycles. The fourth-order valence-electron chi connectivity index (χ4n) is 1.61. The summed E-state index contributed by atoms with van der Waals surface area (Å²) >= 11 is 6.82. The summed E-state index contributed by atoms with van der Waals surface area (Å²) in [6.07, 6.45) is 0.871. The summed E-state index contributed by atoms with van der Waals surface area (Å²) in [6, 6.07) is 5.93. The SMILES string of the molecule is CC1CC1(O)c1cc(Br)cc(Br)c1. The van der Waals surface area contributed by atoms with Crippen molar-refractivity contribution in [3.05, 3.63) is 32.7 Å². The van der Waals surface area contributed by atoms with Gasteiger partial charge >= 0.3 is 0 Å². The van der Waals surface area contributed by atoms with Crippen LogP contribution in [-0.2, 0) is 5.60 Å². The molecule has 70 valence electrons. The van der Waals surface area contributed by atoms with Crippen molar-refractivity contribution in [3.8, 4) is 0 Å². The Bertz CT molecular complexity index is 331. The summed E-state index contributed by atoms with van der Waals surface area (Å²) in [6.45, 7) is 2.06. The lowest BCUT2D eigenvalue weighted by Crippen LogP contribution is -2.07. The highest BCUT2D eigenvalue weighted by molar-refractivity contribution is 9.11. The number of aliphatic hydroxyl groups is 1. The molecule has 1 saturated carbocycles. The Kier molecular flexibility index (Phi) is 2.29. The summed E-state index contributed by atoms with van der Waals surface area (Å²) in [5.41, 5.74) is 0.424. The first-order valence-electron chi connectivity index (χ1n) is 4.21. The second-order valence-electron chi connectivity index (χ2n) is 3.69. The quantitative estimate of drug-likeness (QED) is 0.843. The van der Waals surface area contributed by atoms with Gasteiger partial charge < -0.3 is 5.11 Å². The van der Waals surface area contributed by atoms with Crippen molar-refractivity contribution in [1.29, 1.82) is 0 Å². The summed E-state index contributed by atoms with van der Waals surface area (Å²) in [4.78, 5) is 0. The van der Waals surface area contributed by atoms with Gasteiger partial charge in [-0.05, 0) is 36.1 Å². The third-order valence-electron chi connectivity index (χ3n) is 2.63. The number of hydrogen-bond donors (Lipinski definition) is 1. The van der Waals surface area contributed by atoms with E-state index in [0.717, 1.165) is 20.9 Å². The van der Waals surface area contributed by atoms with Gasteiger partial charge in [0.05, 0.1) is 5.60 Å². The second kappa shape index (κ2) is 3.07. The van der Waals surface area contributed by atoms with E-state index in [2.05, 4.69) is 38.8 Å². The van der Waals surface area contributed by atoms with Crippen molar-refractivity contribution >= 4 is 31.9 Å². The molecule has 0 radical (unpaired) electrons. The number of benzene rings is 1. The molecule has 0 bridgehead atoms. The lowest BCUT2D eigenvalue weighted by molar-refractivity contribution is 0.134.